The van der Waals surface area contributed by atoms with Crippen LogP contribution in [0.5, 0.6) is 5.75 Å². The summed E-state index contributed by atoms with van der Waals surface area (Å²) >= 11 is 0. The van der Waals surface area contributed by atoms with E-state index in [1.54, 1.807) is 36.4 Å². The molecule has 7 heteroatoms. The van der Waals surface area contributed by atoms with E-state index in [0.717, 1.165) is 5.56 Å². The number of rotatable bonds is 6. The Bertz CT molecular complexity index is 837. The lowest BCUT2D eigenvalue weighted by Crippen LogP contribution is -2.28. The average Bonchev–Trinajstić information content (AvgIpc) is 3.12. The molecule has 128 valence electrons. The van der Waals surface area contributed by atoms with E-state index >= 15 is 0 Å². The van der Waals surface area contributed by atoms with Crippen LogP contribution in [0, 0.1) is 5.82 Å². The fourth-order valence-corrected chi connectivity index (χ4v) is 2.14. The fourth-order valence-electron chi connectivity index (χ4n) is 2.14. The molecule has 0 aliphatic rings. The quantitative estimate of drug-likeness (QED) is 0.716. The van der Waals surface area contributed by atoms with Crippen molar-refractivity contribution in [2.75, 3.05) is 5.32 Å². The zero-order valence-corrected chi connectivity index (χ0v) is 13.2. The number of aromatic nitrogens is 1. The summed E-state index contributed by atoms with van der Waals surface area (Å²) in [6.07, 6.45) is 1.44. The van der Waals surface area contributed by atoms with Crippen molar-refractivity contribution in [3.8, 4) is 5.75 Å². The van der Waals surface area contributed by atoms with Crippen molar-refractivity contribution in [2.45, 2.75) is 13.2 Å². The third-order valence-electron chi connectivity index (χ3n) is 3.31. The van der Waals surface area contributed by atoms with Crippen LogP contribution in [0.25, 0.3) is 0 Å². The van der Waals surface area contributed by atoms with E-state index in [0.29, 0.717) is 17.1 Å². The van der Waals surface area contributed by atoms with Gasteiger partial charge in [-0.3, -0.25) is 0 Å². The van der Waals surface area contributed by atoms with Crippen molar-refractivity contribution < 1.29 is 18.4 Å². The second-order valence-corrected chi connectivity index (χ2v) is 5.24. The smallest absolute Gasteiger partial charge is 0.319 e. The maximum Gasteiger partial charge on any atom is 0.319 e. The second-order valence-electron chi connectivity index (χ2n) is 5.24. The first-order valence-corrected chi connectivity index (χ1v) is 7.60. The number of amides is 2. The minimum absolute atomic E-state index is 0.263. The fraction of sp³-hybridized carbons (Fsp3) is 0.111. The number of carbonyl (C=O) groups is 1. The van der Waals surface area contributed by atoms with E-state index in [1.807, 2.05) is 6.07 Å². The Labute approximate surface area is 143 Å². The molecule has 3 rings (SSSR count). The predicted molar refractivity (Wildman–Crippen MR) is 89.5 cm³/mol. The van der Waals surface area contributed by atoms with Crippen LogP contribution in [0.4, 0.5) is 14.9 Å². The first kappa shape index (κ1) is 16.5. The van der Waals surface area contributed by atoms with Gasteiger partial charge in [-0.25, -0.2) is 9.18 Å². The van der Waals surface area contributed by atoms with Gasteiger partial charge in [0.1, 0.15) is 30.1 Å². The first-order chi connectivity index (χ1) is 12.2. The molecule has 0 atom stereocenters. The highest BCUT2D eigenvalue weighted by molar-refractivity contribution is 5.89. The molecule has 1 aromatic heterocycles. The lowest BCUT2D eigenvalue weighted by molar-refractivity contribution is 0.251. The van der Waals surface area contributed by atoms with Crippen molar-refractivity contribution >= 4 is 11.7 Å². The lowest BCUT2D eigenvalue weighted by atomic mass is 10.2. The molecule has 2 amide bonds. The van der Waals surface area contributed by atoms with E-state index in [2.05, 4.69) is 15.8 Å². The molecule has 2 N–H and O–H groups in total. The second kappa shape index (κ2) is 7.96. The van der Waals surface area contributed by atoms with Crippen LogP contribution >= 0.6 is 0 Å². The number of ether oxygens (including phenoxy) is 1. The van der Waals surface area contributed by atoms with Gasteiger partial charge < -0.3 is 19.9 Å². The van der Waals surface area contributed by atoms with Gasteiger partial charge in [-0.1, -0.05) is 23.4 Å². The van der Waals surface area contributed by atoms with Crippen LogP contribution in [0.3, 0.4) is 0 Å². The largest absolute Gasteiger partial charge is 0.489 e. The molecule has 0 unspecified atom stereocenters. The van der Waals surface area contributed by atoms with Gasteiger partial charge in [0, 0.05) is 17.8 Å². The van der Waals surface area contributed by atoms with Crippen LogP contribution in [-0.4, -0.2) is 11.2 Å². The van der Waals surface area contributed by atoms with Gasteiger partial charge in [0.25, 0.3) is 0 Å². The molecule has 0 aliphatic carbocycles. The predicted octanol–water partition coefficient (Wildman–Crippen LogP) is 3.71. The summed E-state index contributed by atoms with van der Waals surface area (Å²) in [5.41, 5.74) is 2.10. The Kier molecular flexibility index (Phi) is 5.26. The molecule has 0 fully saturated rings. The van der Waals surface area contributed by atoms with E-state index < -0.39 is 0 Å². The van der Waals surface area contributed by atoms with Gasteiger partial charge >= 0.3 is 6.03 Å². The molecular formula is C18H16FN3O3. The van der Waals surface area contributed by atoms with Crippen molar-refractivity contribution in [3.63, 3.8) is 0 Å². The van der Waals surface area contributed by atoms with Gasteiger partial charge in [-0.15, -0.1) is 0 Å². The number of benzene rings is 2. The van der Waals surface area contributed by atoms with Crippen LogP contribution in [0.15, 0.2) is 65.4 Å². The SMILES string of the molecule is O=C(NCc1ccon1)Nc1cccc(COc2cccc(F)c2)c1. The minimum Gasteiger partial charge on any atom is -0.489 e. The molecule has 0 aliphatic heterocycles. The monoisotopic (exact) mass is 341 g/mol. The van der Waals surface area contributed by atoms with Crippen molar-refractivity contribution in [1.29, 1.82) is 0 Å². The molecule has 1 heterocycles. The van der Waals surface area contributed by atoms with E-state index in [1.165, 1.54) is 18.4 Å². The number of hydrogen-bond donors (Lipinski definition) is 2. The molecule has 0 radical (unpaired) electrons. The first-order valence-electron chi connectivity index (χ1n) is 7.60. The van der Waals surface area contributed by atoms with Crippen LogP contribution < -0.4 is 15.4 Å². The standard InChI is InChI=1S/C18H16FN3O3/c19-14-4-2-6-17(10-14)24-12-13-3-1-5-15(9-13)21-18(23)20-11-16-7-8-25-22-16/h1-10H,11-12H2,(H2,20,21,23). The lowest BCUT2D eigenvalue weighted by Gasteiger charge is -2.09. The van der Waals surface area contributed by atoms with Gasteiger partial charge in [-0.2, -0.15) is 0 Å². The normalized spacial score (nSPS) is 10.3. The van der Waals surface area contributed by atoms with Crippen molar-refractivity contribution in [3.05, 3.63) is 77.9 Å². The Balaban J connectivity index is 1.53. The topological polar surface area (TPSA) is 76.4 Å². The summed E-state index contributed by atoms with van der Waals surface area (Å²) < 4.78 is 23.4. The molecular weight excluding hydrogens is 325 g/mol. The molecule has 3 aromatic rings. The van der Waals surface area contributed by atoms with Gasteiger partial charge in [0.2, 0.25) is 0 Å². The van der Waals surface area contributed by atoms with Gasteiger partial charge in [0.15, 0.2) is 0 Å². The molecule has 6 nitrogen and oxygen atoms in total. The summed E-state index contributed by atoms with van der Waals surface area (Å²) in [5.74, 6) is 0.0976. The van der Waals surface area contributed by atoms with Crippen LogP contribution in [0.1, 0.15) is 11.3 Å². The van der Waals surface area contributed by atoms with E-state index in [9.17, 15) is 9.18 Å². The van der Waals surface area contributed by atoms with Gasteiger partial charge in [0.05, 0.1) is 6.54 Å². The average molecular weight is 341 g/mol. The highest BCUT2D eigenvalue weighted by atomic mass is 19.1. The molecule has 2 aromatic carbocycles. The summed E-state index contributed by atoms with van der Waals surface area (Å²) in [4.78, 5) is 11.9. The highest BCUT2D eigenvalue weighted by Gasteiger charge is 2.04. The molecule has 0 saturated heterocycles. The Morgan fingerprint density at radius 3 is 2.84 bits per heavy atom. The minimum atomic E-state index is -0.355. The Morgan fingerprint density at radius 1 is 1.16 bits per heavy atom. The third kappa shape index (κ3) is 5.07. The van der Waals surface area contributed by atoms with E-state index in [-0.39, 0.29) is 25.0 Å². The van der Waals surface area contributed by atoms with Crippen molar-refractivity contribution in [2.24, 2.45) is 0 Å². The van der Waals surface area contributed by atoms with Crippen molar-refractivity contribution in [1.82, 2.24) is 10.5 Å². The number of urea groups is 1. The zero-order valence-electron chi connectivity index (χ0n) is 13.2. The zero-order chi connectivity index (χ0) is 17.5. The number of carbonyl (C=O) groups excluding carboxylic acids is 1. The molecule has 25 heavy (non-hydrogen) atoms. The summed E-state index contributed by atoms with van der Waals surface area (Å²) in [6, 6.07) is 14.5. The third-order valence-corrected chi connectivity index (χ3v) is 3.31. The number of hydrogen-bond acceptors (Lipinski definition) is 4. The molecule has 0 bridgehead atoms. The Hall–Kier alpha value is -3.35. The van der Waals surface area contributed by atoms with Crippen LogP contribution in [-0.2, 0) is 13.2 Å². The maximum absolute atomic E-state index is 13.1. The summed E-state index contributed by atoms with van der Waals surface area (Å²) in [7, 11) is 0. The number of anilines is 1. The van der Waals surface area contributed by atoms with Gasteiger partial charge in [-0.05, 0) is 29.8 Å². The van der Waals surface area contributed by atoms with Crippen LogP contribution in [0.2, 0.25) is 0 Å². The Morgan fingerprint density at radius 2 is 2.04 bits per heavy atom. The maximum atomic E-state index is 13.1. The highest BCUT2D eigenvalue weighted by Crippen LogP contribution is 2.16. The molecule has 0 spiro atoms. The summed E-state index contributed by atoms with van der Waals surface area (Å²) in [5, 5.41) is 9.11. The summed E-state index contributed by atoms with van der Waals surface area (Å²) in [6.45, 7) is 0.532. The number of nitrogens with one attached hydrogen (secondary N) is 2. The number of nitrogens with zero attached hydrogens (tertiary/aromatic N) is 1. The van der Waals surface area contributed by atoms with E-state index in [4.69, 9.17) is 9.26 Å². The molecule has 0 saturated carbocycles. The number of halogens is 1.